The van der Waals surface area contributed by atoms with Crippen LogP contribution < -0.4 is 5.32 Å². The minimum atomic E-state index is -0.990. The van der Waals surface area contributed by atoms with Crippen LogP contribution in [0.5, 0.6) is 0 Å². The van der Waals surface area contributed by atoms with Crippen LogP contribution in [0.2, 0.25) is 0 Å². The fraction of sp³-hybridized carbons (Fsp3) is 0.417. The fourth-order valence-electron chi connectivity index (χ4n) is 4.24. The Balaban J connectivity index is 1.28. The first-order valence-corrected chi connectivity index (χ1v) is 11.0. The lowest BCUT2D eigenvalue weighted by atomic mass is 9.93. The number of hydrogen-bond acceptors (Lipinski definition) is 5. The molecule has 0 aliphatic carbocycles. The second-order valence-corrected chi connectivity index (χ2v) is 8.65. The minimum Gasteiger partial charge on any atom is -0.339 e. The third kappa shape index (κ3) is 4.96. The molecule has 0 unspecified atom stereocenters. The first kappa shape index (κ1) is 22.0. The Labute approximate surface area is 188 Å². The van der Waals surface area contributed by atoms with E-state index in [1.165, 1.54) is 5.56 Å². The Morgan fingerprint density at radius 2 is 1.69 bits per heavy atom. The molecule has 0 saturated carbocycles. The van der Waals surface area contributed by atoms with E-state index in [4.69, 9.17) is 0 Å². The van der Waals surface area contributed by atoms with Gasteiger partial charge in [0.25, 0.3) is 5.91 Å². The number of nitrogens with zero attached hydrogens (tertiary/aromatic N) is 4. The number of urea groups is 1. The van der Waals surface area contributed by atoms with E-state index in [1.54, 1.807) is 24.2 Å². The number of nitrogens with one attached hydrogen (secondary N) is 1. The number of pyridine rings is 1. The summed E-state index contributed by atoms with van der Waals surface area (Å²) in [6.45, 7) is 5.01. The standard InChI is InChI=1S/C24H29N5O3/c1-24(10-7-19-5-3-2-4-6-19)22(31)29(23(32)26-24)18-21(30)28-15-13-27(14-16-28)17-20-8-11-25-12-9-20/h2-6,8-9,11-12H,7,10,13-18H2,1H3,(H,26,32)/t24-/m1/s1. The van der Waals surface area contributed by atoms with E-state index < -0.39 is 11.6 Å². The predicted molar refractivity (Wildman–Crippen MR) is 120 cm³/mol. The number of benzene rings is 1. The van der Waals surface area contributed by atoms with Gasteiger partial charge in [-0.1, -0.05) is 30.3 Å². The largest absolute Gasteiger partial charge is 0.339 e. The number of rotatable bonds is 7. The fourth-order valence-corrected chi connectivity index (χ4v) is 4.24. The number of amides is 4. The quantitative estimate of drug-likeness (QED) is 0.669. The number of hydrogen-bond donors (Lipinski definition) is 1. The second kappa shape index (κ2) is 9.48. The van der Waals surface area contributed by atoms with Gasteiger partial charge in [0.05, 0.1) is 0 Å². The van der Waals surface area contributed by atoms with Crippen molar-refractivity contribution in [1.29, 1.82) is 0 Å². The summed E-state index contributed by atoms with van der Waals surface area (Å²) >= 11 is 0. The van der Waals surface area contributed by atoms with Gasteiger partial charge in [-0.25, -0.2) is 4.79 Å². The van der Waals surface area contributed by atoms with Crippen LogP contribution in [0.25, 0.3) is 0 Å². The van der Waals surface area contributed by atoms with E-state index in [2.05, 4.69) is 15.2 Å². The normalized spacial score (nSPS) is 21.7. The molecule has 3 heterocycles. The molecule has 0 radical (unpaired) electrons. The lowest BCUT2D eigenvalue weighted by molar-refractivity contribution is -0.139. The summed E-state index contributed by atoms with van der Waals surface area (Å²) in [5.41, 5.74) is 1.31. The Kier molecular flexibility index (Phi) is 6.50. The molecule has 1 aromatic carbocycles. The van der Waals surface area contributed by atoms with Crippen molar-refractivity contribution in [3.05, 3.63) is 66.0 Å². The molecule has 2 saturated heterocycles. The van der Waals surface area contributed by atoms with Gasteiger partial charge in [0.2, 0.25) is 5.91 Å². The van der Waals surface area contributed by atoms with Crippen LogP contribution in [0.3, 0.4) is 0 Å². The third-order valence-electron chi connectivity index (χ3n) is 6.28. The maximum Gasteiger partial charge on any atom is 0.325 e. The van der Waals surface area contributed by atoms with Crippen LogP contribution in [0.4, 0.5) is 4.79 Å². The zero-order valence-corrected chi connectivity index (χ0v) is 18.4. The number of aryl methyl sites for hydroxylation is 1. The van der Waals surface area contributed by atoms with Crippen LogP contribution in [0, 0.1) is 0 Å². The second-order valence-electron chi connectivity index (χ2n) is 8.65. The van der Waals surface area contributed by atoms with Gasteiger partial charge in [-0.15, -0.1) is 0 Å². The molecule has 8 nitrogen and oxygen atoms in total. The van der Waals surface area contributed by atoms with Crippen molar-refractivity contribution in [1.82, 2.24) is 25.0 Å². The van der Waals surface area contributed by atoms with Gasteiger partial charge < -0.3 is 10.2 Å². The number of carbonyl (C=O) groups excluding carboxylic acids is 3. The SMILES string of the molecule is C[C@]1(CCc2ccccc2)NC(=O)N(CC(=O)N2CCN(Cc3ccncc3)CC2)C1=O. The highest BCUT2D eigenvalue weighted by Gasteiger charge is 2.48. The molecule has 2 fully saturated rings. The summed E-state index contributed by atoms with van der Waals surface area (Å²) in [6.07, 6.45) is 4.71. The average Bonchev–Trinajstić information content (AvgIpc) is 3.03. The van der Waals surface area contributed by atoms with E-state index in [1.807, 2.05) is 42.5 Å². The van der Waals surface area contributed by atoms with Gasteiger partial charge in [0, 0.05) is 45.1 Å². The molecule has 1 aromatic heterocycles. The molecule has 2 aromatic rings. The van der Waals surface area contributed by atoms with E-state index in [-0.39, 0.29) is 18.4 Å². The van der Waals surface area contributed by atoms with Crippen molar-refractivity contribution in [3.8, 4) is 0 Å². The van der Waals surface area contributed by atoms with Crippen molar-refractivity contribution in [2.24, 2.45) is 0 Å². The van der Waals surface area contributed by atoms with E-state index in [0.29, 0.717) is 25.9 Å². The first-order chi connectivity index (χ1) is 15.4. The summed E-state index contributed by atoms with van der Waals surface area (Å²) in [5.74, 6) is -0.521. The average molecular weight is 436 g/mol. The molecule has 1 atom stereocenters. The third-order valence-corrected chi connectivity index (χ3v) is 6.28. The van der Waals surface area contributed by atoms with Crippen molar-refractivity contribution in [3.63, 3.8) is 0 Å². The topological polar surface area (TPSA) is 85.8 Å². The molecule has 4 rings (SSSR count). The molecule has 1 N–H and O–H groups in total. The summed E-state index contributed by atoms with van der Waals surface area (Å²) < 4.78 is 0. The Morgan fingerprint density at radius 1 is 1.00 bits per heavy atom. The molecule has 32 heavy (non-hydrogen) atoms. The van der Waals surface area contributed by atoms with E-state index in [0.717, 1.165) is 30.1 Å². The van der Waals surface area contributed by atoms with Crippen LogP contribution in [-0.4, -0.2) is 75.8 Å². The van der Waals surface area contributed by atoms with Crippen molar-refractivity contribution >= 4 is 17.8 Å². The summed E-state index contributed by atoms with van der Waals surface area (Å²) in [7, 11) is 0. The number of piperazine rings is 1. The van der Waals surface area contributed by atoms with Crippen LogP contribution in [-0.2, 0) is 22.6 Å². The number of carbonyl (C=O) groups is 3. The van der Waals surface area contributed by atoms with Gasteiger partial charge >= 0.3 is 6.03 Å². The lowest BCUT2D eigenvalue weighted by Gasteiger charge is -2.35. The zero-order valence-electron chi connectivity index (χ0n) is 18.4. The maximum atomic E-state index is 13.0. The van der Waals surface area contributed by atoms with Gasteiger partial charge in [0.1, 0.15) is 12.1 Å². The number of aromatic nitrogens is 1. The predicted octanol–water partition coefficient (Wildman–Crippen LogP) is 1.67. The van der Waals surface area contributed by atoms with Crippen LogP contribution in [0.15, 0.2) is 54.9 Å². The highest BCUT2D eigenvalue weighted by molar-refractivity contribution is 6.08. The van der Waals surface area contributed by atoms with Crippen molar-refractivity contribution in [2.75, 3.05) is 32.7 Å². The van der Waals surface area contributed by atoms with Gasteiger partial charge in [-0.2, -0.15) is 0 Å². The molecule has 4 amide bonds. The molecule has 2 aliphatic rings. The highest BCUT2D eigenvalue weighted by Crippen LogP contribution is 2.23. The summed E-state index contributed by atoms with van der Waals surface area (Å²) in [5, 5.41) is 2.80. The van der Waals surface area contributed by atoms with Crippen LogP contribution in [0.1, 0.15) is 24.5 Å². The Morgan fingerprint density at radius 3 is 2.38 bits per heavy atom. The summed E-state index contributed by atoms with van der Waals surface area (Å²) in [4.78, 5) is 47.4. The zero-order chi connectivity index (χ0) is 22.6. The van der Waals surface area contributed by atoms with Crippen molar-refractivity contribution < 1.29 is 14.4 Å². The van der Waals surface area contributed by atoms with Gasteiger partial charge in [-0.3, -0.25) is 24.4 Å². The molecule has 0 spiro atoms. The molecule has 8 heteroatoms. The number of imide groups is 1. The lowest BCUT2D eigenvalue weighted by Crippen LogP contribution is -2.52. The molecule has 168 valence electrons. The molecular formula is C24H29N5O3. The molecular weight excluding hydrogens is 406 g/mol. The summed E-state index contributed by atoms with van der Waals surface area (Å²) in [6, 6.07) is 13.3. The van der Waals surface area contributed by atoms with Crippen molar-refractivity contribution in [2.45, 2.75) is 31.8 Å². The minimum absolute atomic E-state index is 0.190. The Hall–Kier alpha value is -3.26. The Bertz CT molecular complexity index is 960. The van der Waals surface area contributed by atoms with E-state index >= 15 is 0 Å². The monoisotopic (exact) mass is 435 g/mol. The van der Waals surface area contributed by atoms with E-state index in [9.17, 15) is 14.4 Å². The smallest absolute Gasteiger partial charge is 0.325 e. The van der Waals surface area contributed by atoms with Crippen LogP contribution >= 0.6 is 0 Å². The highest BCUT2D eigenvalue weighted by atomic mass is 16.2. The molecule has 2 aliphatic heterocycles. The molecule has 0 bridgehead atoms. The first-order valence-electron chi connectivity index (χ1n) is 11.0. The van der Waals surface area contributed by atoms with Gasteiger partial charge in [0.15, 0.2) is 0 Å². The maximum absolute atomic E-state index is 13.0. The van der Waals surface area contributed by atoms with Gasteiger partial charge in [-0.05, 0) is 43.0 Å².